The molecule has 0 aliphatic rings. The zero-order valence-corrected chi connectivity index (χ0v) is 8.51. The van der Waals surface area contributed by atoms with Crippen LogP contribution in [-0.4, -0.2) is 26.5 Å². The van der Waals surface area contributed by atoms with Crippen molar-refractivity contribution < 1.29 is 4.79 Å². The molecule has 2 aromatic rings. The quantitative estimate of drug-likeness (QED) is 0.684. The number of hydrogen-bond donors (Lipinski definition) is 0. The summed E-state index contributed by atoms with van der Waals surface area (Å²) in [5.74, 6) is 0.696. The van der Waals surface area contributed by atoms with Gasteiger partial charge >= 0.3 is 0 Å². The number of aromatic nitrogens is 4. The number of carbonyl (C=O) groups excluding carboxylic acids is 1. The first-order valence-corrected chi connectivity index (χ1v) is 4.53. The lowest BCUT2D eigenvalue weighted by Gasteiger charge is -2.06. The molecular weight excluding hydrogens is 192 g/mol. The summed E-state index contributed by atoms with van der Waals surface area (Å²) in [5, 5.41) is 11.2. The minimum atomic E-state index is 0.616. The molecule has 0 aliphatic heterocycles. The lowest BCUT2D eigenvalue weighted by molar-refractivity contribution is 0.112. The summed E-state index contributed by atoms with van der Waals surface area (Å²) in [5.41, 5.74) is 2.48. The lowest BCUT2D eigenvalue weighted by Crippen LogP contribution is -2.02. The van der Waals surface area contributed by atoms with Crippen molar-refractivity contribution in [3.05, 3.63) is 35.2 Å². The third-order valence-electron chi connectivity index (χ3n) is 2.22. The van der Waals surface area contributed by atoms with Gasteiger partial charge in [0, 0.05) is 5.56 Å². The highest BCUT2D eigenvalue weighted by Gasteiger charge is 2.07. The molecule has 1 aromatic heterocycles. The van der Waals surface area contributed by atoms with Gasteiger partial charge in [0.15, 0.2) is 5.82 Å². The molecule has 0 amide bonds. The third-order valence-corrected chi connectivity index (χ3v) is 2.22. The van der Waals surface area contributed by atoms with E-state index in [-0.39, 0.29) is 0 Å². The van der Waals surface area contributed by atoms with Gasteiger partial charge in [-0.2, -0.15) is 4.68 Å². The van der Waals surface area contributed by atoms with Crippen LogP contribution in [0.25, 0.3) is 5.69 Å². The fourth-order valence-electron chi connectivity index (χ4n) is 1.38. The van der Waals surface area contributed by atoms with Crippen molar-refractivity contribution in [3.63, 3.8) is 0 Å². The summed E-state index contributed by atoms with van der Waals surface area (Å²) in [4.78, 5) is 10.7. The highest BCUT2D eigenvalue weighted by atomic mass is 16.1. The molecule has 0 radical (unpaired) electrons. The normalized spacial score (nSPS) is 10.3. The van der Waals surface area contributed by atoms with Crippen molar-refractivity contribution in [3.8, 4) is 5.69 Å². The van der Waals surface area contributed by atoms with Crippen LogP contribution in [0.5, 0.6) is 0 Å². The van der Waals surface area contributed by atoms with Gasteiger partial charge in [-0.1, -0.05) is 12.1 Å². The molecule has 1 aromatic carbocycles. The van der Waals surface area contributed by atoms with E-state index in [0.717, 1.165) is 17.5 Å². The number of nitrogens with zero attached hydrogens (tertiary/aromatic N) is 4. The second kappa shape index (κ2) is 3.61. The Morgan fingerprint density at radius 2 is 2.13 bits per heavy atom. The average molecular weight is 202 g/mol. The number of carbonyl (C=O) groups is 1. The Bertz CT molecular complexity index is 504. The predicted octanol–water partition coefficient (Wildman–Crippen LogP) is 1.09. The van der Waals surface area contributed by atoms with Gasteiger partial charge in [0.05, 0.1) is 5.69 Å². The largest absolute Gasteiger partial charge is 0.298 e. The van der Waals surface area contributed by atoms with Gasteiger partial charge in [-0.3, -0.25) is 4.79 Å². The number of hydrogen-bond acceptors (Lipinski definition) is 4. The molecule has 0 saturated heterocycles. The first-order valence-electron chi connectivity index (χ1n) is 4.53. The minimum Gasteiger partial charge on any atom is -0.298 e. The molecule has 15 heavy (non-hydrogen) atoms. The van der Waals surface area contributed by atoms with E-state index in [0.29, 0.717) is 11.4 Å². The van der Waals surface area contributed by atoms with Gasteiger partial charge in [0.2, 0.25) is 0 Å². The van der Waals surface area contributed by atoms with Crippen LogP contribution >= 0.6 is 0 Å². The van der Waals surface area contributed by atoms with Gasteiger partial charge in [0.25, 0.3) is 0 Å². The Labute approximate surface area is 86.7 Å². The number of aryl methyl sites for hydroxylation is 2. The molecule has 5 heteroatoms. The zero-order valence-electron chi connectivity index (χ0n) is 8.51. The Balaban J connectivity index is 2.61. The SMILES string of the molecule is Cc1ccc(C=O)cc1-n1nnnc1C. The summed E-state index contributed by atoms with van der Waals surface area (Å²) < 4.78 is 1.61. The van der Waals surface area contributed by atoms with Crippen LogP contribution in [0.4, 0.5) is 0 Å². The van der Waals surface area contributed by atoms with Gasteiger partial charge in [-0.05, 0) is 35.9 Å². The smallest absolute Gasteiger partial charge is 0.153 e. The van der Waals surface area contributed by atoms with Gasteiger partial charge in [-0.15, -0.1) is 5.10 Å². The van der Waals surface area contributed by atoms with Crippen molar-refractivity contribution >= 4 is 6.29 Å². The zero-order chi connectivity index (χ0) is 10.8. The Kier molecular flexibility index (Phi) is 2.29. The van der Waals surface area contributed by atoms with Crippen LogP contribution in [0.1, 0.15) is 21.7 Å². The minimum absolute atomic E-state index is 0.616. The molecule has 0 spiro atoms. The maximum absolute atomic E-state index is 10.7. The van der Waals surface area contributed by atoms with Crippen molar-refractivity contribution in [1.82, 2.24) is 20.2 Å². The summed E-state index contributed by atoms with van der Waals surface area (Å²) >= 11 is 0. The predicted molar refractivity (Wildman–Crippen MR) is 54.0 cm³/mol. The fourth-order valence-corrected chi connectivity index (χ4v) is 1.38. The van der Waals surface area contributed by atoms with Crippen LogP contribution in [0.2, 0.25) is 0 Å². The summed E-state index contributed by atoms with van der Waals surface area (Å²) in [6.45, 7) is 3.76. The van der Waals surface area contributed by atoms with Crippen molar-refractivity contribution in [2.45, 2.75) is 13.8 Å². The topological polar surface area (TPSA) is 60.7 Å². The average Bonchev–Trinajstić information content (AvgIpc) is 2.65. The lowest BCUT2D eigenvalue weighted by atomic mass is 10.1. The molecular formula is C10H10N4O. The van der Waals surface area contributed by atoms with E-state index in [1.54, 1.807) is 16.8 Å². The standard InChI is InChI=1S/C10H10N4O/c1-7-3-4-9(6-15)5-10(7)14-8(2)11-12-13-14/h3-6H,1-2H3. The molecule has 5 nitrogen and oxygen atoms in total. The summed E-state index contributed by atoms with van der Waals surface area (Å²) in [7, 11) is 0. The second-order valence-electron chi connectivity index (χ2n) is 3.30. The van der Waals surface area contributed by atoms with E-state index < -0.39 is 0 Å². The van der Waals surface area contributed by atoms with Crippen LogP contribution < -0.4 is 0 Å². The molecule has 0 aliphatic carbocycles. The van der Waals surface area contributed by atoms with Crippen LogP contribution in [-0.2, 0) is 0 Å². The number of benzene rings is 1. The molecule has 0 fully saturated rings. The van der Waals surface area contributed by atoms with Crippen LogP contribution in [0.15, 0.2) is 18.2 Å². The Morgan fingerprint density at radius 3 is 2.73 bits per heavy atom. The number of aldehydes is 1. The van der Waals surface area contributed by atoms with Crippen molar-refractivity contribution in [2.24, 2.45) is 0 Å². The summed E-state index contributed by atoms with van der Waals surface area (Å²) in [6.07, 6.45) is 0.808. The first kappa shape index (κ1) is 9.51. The molecule has 0 bridgehead atoms. The maximum atomic E-state index is 10.7. The van der Waals surface area contributed by atoms with Crippen molar-refractivity contribution in [1.29, 1.82) is 0 Å². The highest BCUT2D eigenvalue weighted by Crippen LogP contribution is 2.14. The second-order valence-corrected chi connectivity index (χ2v) is 3.30. The van der Waals surface area contributed by atoms with Gasteiger partial charge < -0.3 is 0 Å². The van der Waals surface area contributed by atoms with E-state index in [2.05, 4.69) is 15.5 Å². The monoisotopic (exact) mass is 202 g/mol. The molecule has 0 unspecified atom stereocenters. The molecule has 0 atom stereocenters. The van der Waals surface area contributed by atoms with Gasteiger partial charge in [0.1, 0.15) is 6.29 Å². The highest BCUT2D eigenvalue weighted by molar-refractivity contribution is 5.76. The van der Waals surface area contributed by atoms with E-state index in [1.807, 2.05) is 19.9 Å². The molecule has 76 valence electrons. The molecule has 2 rings (SSSR count). The number of tetrazole rings is 1. The van der Waals surface area contributed by atoms with Crippen LogP contribution in [0, 0.1) is 13.8 Å². The Morgan fingerprint density at radius 1 is 1.33 bits per heavy atom. The fraction of sp³-hybridized carbons (Fsp3) is 0.200. The number of rotatable bonds is 2. The third kappa shape index (κ3) is 1.63. The van der Waals surface area contributed by atoms with Crippen molar-refractivity contribution in [2.75, 3.05) is 0 Å². The maximum Gasteiger partial charge on any atom is 0.153 e. The van der Waals surface area contributed by atoms with E-state index in [9.17, 15) is 4.79 Å². The Hall–Kier alpha value is -2.04. The summed E-state index contributed by atoms with van der Waals surface area (Å²) in [6, 6.07) is 5.41. The molecule has 0 N–H and O–H groups in total. The van der Waals surface area contributed by atoms with E-state index >= 15 is 0 Å². The van der Waals surface area contributed by atoms with E-state index in [4.69, 9.17) is 0 Å². The first-order chi connectivity index (χ1) is 7.22. The molecule has 0 saturated carbocycles. The van der Waals surface area contributed by atoms with Crippen LogP contribution in [0.3, 0.4) is 0 Å². The molecule has 1 heterocycles. The van der Waals surface area contributed by atoms with Gasteiger partial charge in [-0.25, -0.2) is 0 Å². The van der Waals surface area contributed by atoms with E-state index in [1.165, 1.54) is 0 Å².